The SMILES string of the molecule is CCC(CC)n1cc(-c2nc(-c3cnn(CC(=O)NC(C)C)c3)cn3nccc23)cn1.CCC(CC)n1cc(-c2nc(-c3cnn(CCS(=O)(=O)N(C)C)c3)cn3nccc23)cn1.CCC(CC)n1cc(-c2nc(-c3cnn(CCS(N)(=O)=O)c3)cn3nccc23)cn1. The van der Waals surface area contributed by atoms with Gasteiger partial charge in [0, 0.05) is 90.7 Å². The Balaban J connectivity index is 0.000000153. The quantitative estimate of drug-likeness (QED) is 0.0545. The lowest BCUT2D eigenvalue weighted by Crippen LogP contribution is -2.33. The van der Waals surface area contributed by atoms with E-state index in [2.05, 4.69) is 98.9 Å². The molecule has 3 N–H and O–H groups in total. The van der Waals surface area contributed by atoms with Gasteiger partial charge in [-0.2, -0.15) is 45.9 Å². The molecule has 0 aliphatic heterocycles. The second-order valence-corrected chi connectivity index (χ2v) is 27.1. The highest BCUT2D eigenvalue weighted by molar-refractivity contribution is 7.89. The van der Waals surface area contributed by atoms with Gasteiger partial charge in [-0.25, -0.2) is 54.8 Å². The summed E-state index contributed by atoms with van der Waals surface area (Å²) in [5, 5.41) is 47.7. The number of amides is 1. The fourth-order valence-corrected chi connectivity index (χ4v) is 12.0. The number of hydrogen-bond donors (Lipinski definition) is 2. The van der Waals surface area contributed by atoms with Gasteiger partial charge in [0.15, 0.2) is 0 Å². The minimum absolute atomic E-state index is 0.0206. The van der Waals surface area contributed by atoms with Crippen LogP contribution in [0.3, 0.4) is 0 Å². The number of carbonyl (C=O) groups excluding carboxylic acids is 1. The van der Waals surface area contributed by atoms with E-state index in [1.54, 1.807) is 72.7 Å². The van der Waals surface area contributed by atoms with Crippen molar-refractivity contribution in [2.75, 3.05) is 25.6 Å². The Morgan fingerprint density at radius 3 is 1.13 bits per heavy atom. The Morgan fingerprint density at radius 1 is 0.462 bits per heavy atom. The number of carbonyl (C=O) groups is 1. The van der Waals surface area contributed by atoms with Crippen molar-refractivity contribution < 1.29 is 21.6 Å². The van der Waals surface area contributed by atoms with Crippen molar-refractivity contribution in [1.29, 1.82) is 0 Å². The molecule has 1 amide bonds. The van der Waals surface area contributed by atoms with Crippen molar-refractivity contribution in [3.05, 3.63) is 130 Å². The van der Waals surface area contributed by atoms with Gasteiger partial charge in [0.1, 0.15) is 6.54 Å². The van der Waals surface area contributed by atoms with Crippen LogP contribution in [0.4, 0.5) is 0 Å². The van der Waals surface area contributed by atoms with Crippen LogP contribution in [0.25, 0.3) is 84.1 Å². The van der Waals surface area contributed by atoms with E-state index in [0.717, 1.165) is 111 Å². The highest BCUT2D eigenvalue weighted by Gasteiger charge is 2.21. The van der Waals surface area contributed by atoms with Gasteiger partial charge < -0.3 is 5.32 Å². The van der Waals surface area contributed by atoms with Gasteiger partial charge in [-0.05, 0) is 70.6 Å². The van der Waals surface area contributed by atoms with Gasteiger partial charge in [-0.15, -0.1) is 0 Å². The van der Waals surface area contributed by atoms with Crippen molar-refractivity contribution in [2.45, 2.75) is 138 Å². The van der Waals surface area contributed by atoms with Crippen molar-refractivity contribution in [3.63, 3.8) is 0 Å². The molecule has 0 saturated heterocycles. The van der Waals surface area contributed by atoms with E-state index in [1.807, 2.05) is 106 Å². The first kappa shape index (κ1) is 66.3. The molecule has 0 aliphatic rings. The lowest BCUT2D eigenvalue weighted by Gasteiger charge is -2.12. The van der Waals surface area contributed by atoms with Gasteiger partial charge in [0.25, 0.3) is 0 Å². The molecule has 0 radical (unpaired) electrons. The third kappa shape index (κ3) is 15.7. The summed E-state index contributed by atoms with van der Waals surface area (Å²) in [5.74, 6) is -0.275. The number of primary sulfonamides is 1. The molecule has 490 valence electrons. The molecule has 0 spiro atoms. The van der Waals surface area contributed by atoms with E-state index in [9.17, 15) is 21.6 Å². The Morgan fingerprint density at radius 2 is 0.796 bits per heavy atom. The third-order valence-corrected chi connectivity index (χ3v) is 18.6. The van der Waals surface area contributed by atoms with Gasteiger partial charge in [0.2, 0.25) is 26.0 Å². The number of nitrogens with one attached hydrogen (secondary N) is 1. The van der Waals surface area contributed by atoms with Gasteiger partial charge in [0.05, 0.1) is 168 Å². The van der Waals surface area contributed by atoms with Crippen LogP contribution in [-0.4, -0.2) is 161 Å². The first-order valence-electron chi connectivity index (χ1n) is 31.1. The van der Waals surface area contributed by atoms with Gasteiger partial charge >= 0.3 is 0 Å². The number of hydrogen-bond acceptors (Lipinski definition) is 17. The summed E-state index contributed by atoms with van der Waals surface area (Å²) >= 11 is 0. The Labute approximate surface area is 539 Å². The average molecular weight is 1310 g/mol. The zero-order valence-corrected chi connectivity index (χ0v) is 55.6. The maximum absolute atomic E-state index is 12.0. The van der Waals surface area contributed by atoms with Crippen LogP contribution in [0.2, 0.25) is 0 Å². The zero-order chi connectivity index (χ0) is 66.1. The standard InChI is InChI=1S/C22H28N8O.C21H28N8O2S.C19H24N8O2S/c1-5-18(6-2)29-12-17(10-25-29)22-20-7-8-23-30(20)13-19(27-22)16-9-24-28(11-16)14-21(31)26-15(3)4;1-5-18(6-2)28-14-17(12-24-28)21-20-7-8-22-29(20)15-19(25-21)16-11-23-27(13-16)9-10-32(30,31)26(3)4;1-3-16(4-2)26-12-15(10-23-26)19-18-5-6-21-27(18)13-17(24-19)14-9-22-25(11-14)7-8-30(20,28)29/h7-13,15,18H,5-6,14H2,1-4H3,(H,26,31);7-8,11-15,18H,5-6,9-10H2,1-4H3;5-6,9-13,16H,3-4,7-8H2,1-2H3,(H2,20,28,29). The summed E-state index contributed by atoms with van der Waals surface area (Å²) in [5.41, 5.74) is 12.3. The molecular formula is C62H80N24O5S2. The second kappa shape index (κ2) is 28.9. The minimum Gasteiger partial charge on any atom is -0.352 e. The number of aryl methyl sites for hydroxylation is 2. The van der Waals surface area contributed by atoms with E-state index >= 15 is 0 Å². The molecule has 0 fully saturated rings. The topological polar surface area (TPSA) is 324 Å². The van der Waals surface area contributed by atoms with Crippen molar-refractivity contribution >= 4 is 42.5 Å². The van der Waals surface area contributed by atoms with Gasteiger partial charge in [-0.1, -0.05) is 41.5 Å². The van der Waals surface area contributed by atoms with E-state index < -0.39 is 20.0 Å². The smallest absolute Gasteiger partial charge is 0.241 e. The molecule has 0 saturated carbocycles. The van der Waals surface area contributed by atoms with Crippen LogP contribution >= 0.6 is 0 Å². The molecule has 12 rings (SSSR count). The predicted octanol–water partition coefficient (Wildman–Crippen LogP) is 8.16. The van der Waals surface area contributed by atoms with Crippen LogP contribution in [0, 0.1) is 0 Å². The van der Waals surface area contributed by atoms with E-state index in [1.165, 1.54) is 18.4 Å². The first-order chi connectivity index (χ1) is 44.7. The maximum atomic E-state index is 12.0. The monoisotopic (exact) mass is 1300 g/mol. The summed E-state index contributed by atoms with van der Waals surface area (Å²) < 4.78 is 63.9. The van der Waals surface area contributed by atoms with Crippen LogP contribution in [0.5, 0.6) is 0 Å². The molecular weight excluding hydrogens is 1220 g/mol. The summed E-state index contributed by atoms with van der Waals surface area (Å²) in [7, 11) is -3.79. The Hall–Kier alpha value is -9.59. The fraction of sp³-hybridized carbons (Fsp3) is 0.403. The maximum Gasteiger partial charge on any atom is 0.241 e. The largest absolute Gasteiger partial charge is 0.352 e. The Kier molecular flexibility index (Phi) is 20.6. The third-order valence-electron chi connectivity index (χ3n) is 16.0. The zero-order valence-electron chi connectivity index (χ0n) is 54.0. The van der Waals surface area contributed by atoms with Crippen LogP contribution in [0.1, 0.15) is 112 Å². The lowest BCUT2D eigenvalue weighted by atomic mass is 10.1. The van der Waals surface area contributed by atoms with E-state index in [0.29, 0.717) is 29.5 Å². The highest BCUT2D eigenvalue weighted by atomic mass is 32.2. The molecule has 0 atom stereocenters. The predicted molar refractivity (Wildman–Crippen MR) is 354 cm³/mol. The average Bonchev–Trinajstić information content (AvgIpc) is 1.70. The number of nitrogens with zero attached hydrogens (tertiary/aromatic N) is 22. The lowest BCUT2D eigenvalue weighted by molar-refractivity contribution is -0.122. The highest BCUT2D eigenvalue weighted by Crippen LogP contribution is 2.32. The van der Waals surface area contributed by atoms with E-state index in [-0.39, 0.29) is 43.1 Å². The number of fused-ring (bicyclic) bond motifs is 3. The first-order valence-corrected chi connectivity index (χ1v) is 34.5. The van der Waals surface area contributed by atoms with E-state index in [4.69, 9.17) is 20.1 Å². The fourth-order valence-electron chi connectivity index (χ4n) is 10.7. The second-order valence-electron chi connectivity index (χ2n) is 23.0. The summed E-state index contributed by atoms with van der Waals surface area (Å²) in [6.45, 7) is 17.4. The van der Waals surface area contributed by atoms with Crippen LogP contribution in [-0.2, 0) is 44.5 Å². The number of sulfonamides is 2. The molecule has 12 heterocycles. The van der Waals surface area contributed by atoms with Gasteiger partial charge in [-0.3, -0.25) is 32.9 Å². The van der Waals surface area contributed by atoms with Crippen LogP contribution < -0.4 is 10.5 Å². The molecule has 12 aromatic heterocycles. The summed E-state index contributed by atoms with van der Waals surface area (Å²) in [6.07, 6.45) is 38.9. The molecule has 0 aliphatic carbocycles. The number of nitrogens with two attached hydrogens (primary N) is 1. The molecule has 0 bridgehead atoms. The minimum atomic E-state index is -3.55. The molecule has 31 heteroatoms. The molecule has 29 nitrogen and oxygen atoms in total. The number of aromatic nitrogens is 21. The van der Waals surface area contributed by atoms with Crippen molar-refractivity contribution in [1.82, 2.24) is 112 Å². The van der Waals surface area contributed by atoms with Crippen LogP contribution in [0.15, 0.2) is 130 Å². The van der Waals surface area contributed by atoms with Crippen molar-refractivity contribution in [3.8, 4) is 67.5 Å². The summed E-state index contributed by atoms with van der Waals surface area (Å²) in [4.78, 5) is 26.7. The van der Waals surface area contributed by atoms with Crippen molar-refractivity contribution in [2.24, 2.45) is 5.14 Å². The number of rotatable bonds is 25. The molecule has 93 heavy (non-hydrogen) atoms. The molecule has 0 unspecified atom stereocenters. The molecule has 12 aromatic rings. The Bertz CT molecular complexity index is 4700. The normalized spacial score (nSPS) is 12.1. The summed E-state index contributed by atoms with van der Waals surface area (Å²) in [6, 6.07) is 6.94. The molecule has 0 aromatic carbocycles.